The van der Waals surface area contributed by atoms with E-state index in [1.165, 1.54) is 12.3 Å². The van der Waals surface area contributed by atoms with Crippen molar-refractivity contribution >= 4 is 10.0 Å². The third kappa shape index (κ3) is 3.26. The molecule has 0 bridgehead atoms. The molecular weight excluding hydrogens is 214 g/mol. The van der Waals surface area contributed by atoms with E-state index in [9.17, 15) is 8.42 Å². The van der Waals surface area contributed by atoms with Gasteiger partial charge in [-0.3, -0.25) is 4.98 Å². The molecule has 0 aliphatic carbocycles. The van der Waals surface area contributed by atoms with Gasteiger partial charge in [0, 0.05) is 18.8 Å². The van der Waals surface area contributed by atoms with Gasteiger partial charge in [0.05, 0.1) is 5.69 Å². The standard InChI is InChI=1S/C9H15N3O2S/c1-7(2)12-15(13,14)9-4-3-8(5-10)11-6-9/h3-4,6-7,12H,5,10H2,1-2H3. The molecule has 1 aromatic rings. The van der Waals surface area contributed by atoms with Crippen molar-refractivity contribution in [3.63, 3.8) is 0 Å². The Hall–Kier alpha value is -0.980. The first-order valence-corrected chi connectivity index (χ1v) is 6.11. The summed E-state index contributed by atoms with van der Waals surface area (Å²) < 4.78 is 25.8. The van der Waals surface area contributed by atoms with Crippen LogP contribution < -0.4 is 10.5 Å². The second kappa shape index (κ2) is 4.69. The Bertz CT molecular complexity index is 411. The Morgan fingerprint density at radius 3 is 2.53 bits per heavy atom. The van der Waals surface area contributed by atoms with Crippen LogP contribution in [0.4, 0.5) is 0 Å². The second-order valence-corrected chi connectivity index (χ2v) is 5.18. The first-order valence-electron chi connectivity index (χ1n) is 4.63. The minimum absolute atomic E-state index is 0.135. The Balaban J connectivity index is 2.96. The van der Waals surface area contributed by atoms with Crippen molar-refractivity contribution in [1.29, 1.82) is 0 Å². The van der Waals surface area contributed by atoms with Gasteiger partial charge < -0.3 is 5.73 Å². The SMILES string of the molecule is CC(C)NS(=O)(=O)c1ccc(CN)nc1. The monoisotopic (exact) mass is 229 g/mol. The zero-order valence-corrected chi connectivity index (χ0v) is 9.58. The average Bonchev–Trinajstić information content (AvgIpc) is 2.16. The maximum Gasteiger partial charge on any atom is 0.242 e. The molecule has 0 aliphatic rings. The lowest BCUT2D eigenvalue weighted by Gasteiger charge is -2.09. The van der Waals surface area contributed by atoms with Gasteiger partial charge in [-0.25, -0.2) is 13.1 Å². The van der Waals surface area contributed by atoms with Crippen LogP contribution >= 0.6 is 0 Å². The number of nitrogens with zero attached hydrogens (tertiary/aromatic N) is 1. The van der Waals surface area contributed by atoms with E-state index in [2.05, 4.69) is 9.71 Å². The van der Waals surface area contributed by atoms with E-state index in [0.717, 1.165) is 0 Å². The van der Waals surface area contributed by atoms with Crippen LogP contribution in [0.5, 0.6) is 0 Å². The fraction of sp³-hybridized carbons (Fsp3) is 0.444. The normalized spacial score (nSPS) is 12.0. The van der Waals surface area contributed by atoms with Crippen molar-refractivity contribution < 1.29 is 8.42 Å². The minimum atomic E-state index is -3.44. The van der Waals surface area contributed by atoms with Gasteiger partial charge in [-0.2, -0.15) is 0 Å². The second-order valence-electron chi connectivity index (χ2n) is 3.47. The third-order valence-electron chi connectivity index (χ3n) is 1.71. The molecular formula is C9H15N3O2S. The smallest absolute Gasteiger partial charge is 0.242 e. The summed E-state index contributed by atoms with van der Waals surface area (Å²) in [5, 5.41) is 0. The molecule has 0 aromatic carbocycles. The van der Waals surface area contributed by atoms with Gasteiger partial charge >= 0.3 is 0 Å². The van der Waals surface area contributed by atoms with E-state index in [1.54, 1.807) is 19.9 Å². The zero-order chi connectivity index (χ0) is 11.5. The fourth-order valence-corrected chi connectivity index (χ4v) is 2.26. The first-order chi connectivity index (χ1) is 6.95. The lowest BCUT2D eigenvalue weighted by Crippen LogP contribution is -2.30. The molecule has 0 atom stereocenters. The van der Waals surface area contributed by atoms with Crippen molar-refractivity contribution in [2.45, 2.75) is 31.3 Å². The fourth-order valence-electron chi connectivity index (χ4n) is 1.07. The molecule has 0 unspecified atom stereocenters. The Morgan fingerprint density at radius 1 is 1.47 bits per heavy atom. The number of nitrogens with two attached hydrogens (primary N) is 1. The van der Waals surface area contributed by atoms with E-state index in [-0.39, 0.29) is 10.9 Å². The summed E-state index contributed by atoms with van der Waals surface area (Å²) in [6.45, 7) is 3.83. The Morgan fingerprint density at radius 2 is 2.13 bits per heavy atom. The molecule has 1 aromatic heterocycles. The highest BCUT2D eigenvalue weighted by atomic mass is 32.2. The van der Waals surface area contributed by atoms with Crippen LogP contribution in [0, 0.1) is 0 Å². The van der Waals surface area contributed by atoms with Crippen LogP contribution in [-0.4, -0.2) is 19.4 Å². The maximum absolute atomic E-state index is 11.7. The molecule has 0 amide bonds. The van der Waals surface area contributed by atoms with E-state index in [4.69, 9.17) is 5.73 Å². The van der Waals surface area contributed by atoms with Gasteiger partial charge in [0.25, 0.3) is 0 Å². The number of hydrogen-bond acceptors (Lipinski definition) is 4. The molecule has 15 heavy (non-hydrogen) atoms. The first kappa shape index (κ1) is 12.1. The highest BCUT2D eigenvalue weighted by Crippen LogP contribution is 2.08. The van der Waals surface area contributed by atoms with E-state index in [0.29, 0.717) is 12.2 Å². The van der Waals surface area contributed by atoms with Crippen molar-refractivity contribution in [2.24, 2.45) is 5.73 Å². The van der Waals surface area contributed by atoms with Gasteiger partial charge in [-0.05, 0) is 26.0 Å². The summed E-state index contributed by atoms with van der Waals surface area (Å²) in [4.78, 5) is 4.09. The van der Waals surface area contributed by atoms with Gasteiger partial charge in [-0.15, -0.1) is 0 Å². The molecule has 6 heteroatoms. The maximum atomic E-state index is 11.7. The van der Waals surface area contributed by atoms with Crippen molar-refractivity contribution in [3.05, 3.63) is 24.0 Å². The highest BCUT2D eigenvalue weighted by Gasteiger charge is 2.15. The van der Waals surface area contributed by atoms with Crippen LogP contribution in [0.25, 0.3) is 0 Å². The number of sulfonamides is 1. The molecule has 0 spiro atoms. The summed E-state index contributed by atoms with van der Waals surface area (Å²) in [6, 6.07) is 2.97. The van der Waals surface area contributed by atoms with Crippen LogP contribution in [0.2, 0.25) is 0 Å². The zero-order valence-electron chi connectivity index (χ0n) is 8.77. The van der Waals surface area contributed by atoms with E-state index < -0.39 is 10.0 Å². The van der Waals surface area contributed by atoms with Crippen molar-refractivity contribution in [1.82, 2.24) is 9.71 Å². The molecule has 1 heterocycles. The molecule has 5 nitrogen and oxygen atoms in total. The summed E-state index contributed by atoms with van der Waals surface area (Å²) in [5.41, 5.74) is 6.03. The molecule has 1 rings (SSSR count). The van der Waals surface area contributed by atoms with Gasteiger partial charge in [0.1, 0.15) is 4.90 Å². The topological polar surface area (TPSA) is 85.1 Å². The minimum Gasteiger partial charge on any atom is -0.325 e. The number of rotatable bonds is 4. The Labute approximate surface area is 89.8 Å². The molecule has 0 fully saturated rings. The molecule has 3 N–H and O–H groups in total. The molecule has 0 radical (unpaired) electrons. The molecule has 0 aliphatic heterocycles. The van der Waals surface area contributed by atoms with Gasteiger partial charge in [-0.1, -0.05) is 0 Å². The third-order valence-corrected chi connectivity index (χ3v) is 3.35. The summed E-state index contributed by atoms with van der Waals surface area (Å²) in [7, 11) is -3.44. The molecule has 84 valence electrons. The van der Waals surface area contributed by atoms with Crippen molar-refractivity contribution in [3.8, 4) is 0 Å². The lowest BCUT2D eigenvalue weighted by atomic mass is 10.4. The number of pyridine rings is 1. The van der Waals surface area contributed by atoms with Gasteiger partial charge in [0.15, 0.2) is 0 Å². The van der Waals surface area contributed by atoms with Gasteiger partial charge in [0.2, 0.25) is 10.0 Å². The average molecular weight is 229 g/mol. The van der Waals surface area contributed by atoms with Crippen molar-refractivity contribution in [2.75, 3.05) is 0 Å². The van der Waals surface area contributed by atoms with E-state index in [1.807, 2.05) is 0 Å². The Kier molecular flexibility index (Phi) is 3.78. The number of aromatic nitrogens is 1. The molecule has 0 saturated heterocycles. The summed E-state index contributed by atoms with van der Waals surface area (Å²) in [6.07, 6.45) is 1.31. The van der Waals surface area contributed by atoms with Crippen LogP contribution in [-0.2, 0) is 16.6 Å². The number of nitrogens with one attached hydrogen (secondary N) is 1. The largest absolute Gasteiger partial charge is 0.325 e. The predicted octanol–water partition coefficient (Wildman–Crippen LogP) is 0.227. The number of hydrogen-bond donors (Lipinski definition) is 2. The lowest BCUT2D eigenvalue weighted by molar-refractivity contribution is 0.569. The highest BCUT2D eigenvalue weighted by molar-refractivity contribution is 7.89. The summed E-state index contributed by atoms with van der Waals surface area (Å²) in [5.74, 6) is 0. The predicted molar refractivity (Wildman–Crippen MR) is 57.6 cm³/mol. The quantitative estimate of drug-likeness (QED) is 0.773. The summed E-state index contributed by atoms with van der Waals surface area (Å²) >= 11 is 0. The van der Waals surface area contributed by atoms with Crippen LogP contribution in [0.15, 0.2) is 23.2 Å². The van der Waals surface area contributed by atoms with Crippen LogP contribution in [0.1, 0.15) is 19.5 Å². The molecule has 0 saturated carbocycles. The van der Waals surface area contributed by atoms with Crippen LogP contribution in [0.3, 0.4) is 0 Å². The van der Waals surface area contributed by atoms with E-state index >= 15 is 0 Å².